The number of carbonyl (C=O) groups excluding carboxylic acids is 3. The molecule has 1 saturated heterocycles. The molecular weight excluding hydrogens is 420 g/mol. The molecule has 5 nitrogen and oxygen atoms in total. The number of imide groups is 1. The predicted molar refractivity (Wildman–Crippen MR) is 110 cm³/mol. The molecule has 1 aliphatic heterocycles. The van der Waals surface area contributed by atoms with Gasteiger partial charge in [0.1, 0.15) is 6.54 Å². The van der Waals surface area contributed by atoms with E-state index in [-0.39, 0.29) is 42.0 Å². The molecular formula is C22H21BrN2O3. The van der Waals surface area contributed by atoms with Crippen molar-refractivity contribution in [3.8, 4) is 0 Å². The van der Waals surface area contributed by atoms with Crippen LogP contribution in [-0.2, 0) is 14.4 Å². The summed E-state index contributed by atoms with van der Waals surface area (Å²) in [5.74, 6) is -1.08. The molecule has 1 N–H and O–H groups in total. The van der Waals surface area contributed by atoms with Crippen LogP contribution in [0.4, 0.5) is 5.69 Å². The Hall–Kier alpha value is -2.47. The Labute approximate surface area is 172 Å². The van der Waals surface area contributed by atoms with Crippen LogP contribution < -0.4 is 5.32 Å². The van der Waals surface area contributed by atoms with E-state index < -0.39 is 0 Å². The molecule has 0 aromatic heterocycles. The first kappa shape index (κ1) is 18.9. The van der Waals surface area contributed by atoms with Gasteiger partial charge in [-0.3, -0.25) is 19.3 Å². The monoisotopic (exact) mass is 440 g/mol. The summed E-state index contributed by atoms with van der Waals surface area (Å²) in [7, 11) is 0. The number of likely N-dealkylation sites (tertiary alicyclic amines) is 1. The Morgan fingerprint density at radius 1 is 0.964 bits per heavy atom. The van der Waals surface area contributed by atoms with Crippen LogP contribution in [-0.4, -0.2) is 29.2 Å². The SMILES string of the molecule is O=C(CN1C(=O)[C@H]2C[C@H](c3ccccc3)CC[C@H]2C1=O)Nc1ccc(Br)cc1. The maximum absolute atomic E-state index is 12.9. The summed E-state index contributed by atoms with van der Waals surface area (Å²) in [6.45, 7) is -0.225. The van der Waals surface area contributed by atoms with E-state index in [2.05, 4.69) is 33.4 Å². The van der Waals surface area contributed by atoms with Gasteiger partial charge < -0.3 is 5.32 Å². The van der Waals surface area contributed by atoms with Gasteiger partial charge in [-0.1, -0.05) is 46.3 Å². The number of nitrogens with one attached hydrogen (secondary N) is 1. The van der Waals surface area contributed by atoms with Gasteiger partial charge in [0.2, 0.25) is 17.7 Å². The van der Waals surface area contributed by atoms with E-state index in [0.29, 0.717) is 18.5 Å². The topological polar surface area (TPSA) is 66.5 Å². The van der Waals surface area contributed by atoms with E-state index in [1.54, 1.807) is 12.1 Å². The van der Waals surface area contributed by atoms with Crippen LogP contribution in [0.1, 0.15) is 30.7 Å². The minimum absolute atomic E-state index is 0.201. The molecule has 2 fully saturated rings. The fraction of sp³-hybridized carbons (Fsp3) is 0.318. The van der Waals surface area contributed by atoms with Gasteiger partial charge in [-0.25, -0.2) is 0 Å². The number of rotatable bonds is 4. The average molecular weight is 441 g/mol. The second-order valence-corrected chi connectivity index (χ2v) is 8.37. The highest BCUT2D eigenvalue weighted by atomic mass is 79.9. The Morgan fingerprint density at radius 2 is 1.64 bits per heavy atom. The molecule has 6 heteroatoms. The van der Waals surface area contributed by atoms with Crippen LogP contribution in [0.2, 0.25) is 0 Å². The summed E-state index contributed by atoms with van der Waals surface area (Å²) < 4.78 is 0.910. The molecule has 4 rings (SSSR count). The Balaban J connectivity index is 1.42. The van der Waals surface area contributed by atoms with Crippen molar-refractivity contribution >= 4 is 39.3 Å². The Kier molecular flexibility index (Phi) is 5.31. The lowest BCUT2D eigenvalue weighted by atomic mass is 9.73. The van der Waals surface area contributed by atoms with Crippen molar-refractivity contribution in [3.63, 3.8) is 0 Å². The van der Waals surface area contributed by atoms with Crippen molar-refractivity contribution in [3.05, 3.63) is 64.6 Å². The van der Waals surface area contributed by atoms with E-state index in [9.17, 15) is 14.4 Å². The van der Waals surface area contributed by atoms with Crippen LogP contribution >= 0.6 is 15.9 Å². The van der Waals surface area contributed by atoms with Crippen molar-refractivity contribution in [2.45, 2.75) is 25.2 Å². The van der Waals surface area contributed by atoms with Crippen LogP contribution in [0.3, 0.4) is 0 Å². The highest BCUT2D eigenvalue weighted by Gasteiger charge is 2.50. The number of hydrogen-bond acceptors (Lipinski definition) is 3. The third-order valence-corrected chi connectivity index (χ3v) is 6.25. The van der Waals surface area contributed by atoms with Crippen molar-refractivity contribution in [2.24, 2.45) is 11.8 Å². The first-order valence-electron chi connectivity index (χ1n) is 9.48. The number of nitrogens with zero attached hydrogens (tertiary/aromatic N) is 1. The normalized spacial score (nSPS) is 24.2. The minimum Gasteiger partial charge on any atom is -0.325 e. The highest BCUT2D eigenvalue weighted by molar-refractivity contribution is 9.10. The number of anilines is 1. The third kappa shape index (κ3) is 3.74. The smallest absolute Gasteiger partial charge is 0.244 e. The molecule has 1 aliphatic carbocycles. The predicted octanol–water partition coefficient (Wildman–Crippen LogP) is 3.96. The van der Waals surface area contributed by atoms with Crippen molar-refractivity contribution < 1.29 is 14.4 Å². The largest absolute Gasteiger partial charge is 0.325 e. The fourth-order valence-corrected chi connectivity index (χ4v) is 4.57. The molecule has 1 heterocycles. The fourth-order valence-electron chi connectivity index (χ4n) is 4.31. The summed E-state index contributed by atoms with van der Waals surface area (Å²) in [6.07, 6.45) is 2.26. The first-order chi connectivity index (χ1) is 13.5. The molecule has 2 aliphatic rings. The number of carbonyl (C=O) groups is 3. The summed E-state index contributed by atoms with van der Waals surface area (Å²) in [6, 6.07) is 17.3. The Morgan fingerprint density at radius 3 is 2.36 bits per heavy atom. The van der Waals surface area contributed by atoms with E-state index in [1.165, 1.54) is 5.56 Å². The standard InChI is InChI=1S/C22H21BrN2O3/c23-16-7-9-17(10-8-16)24-20(26)13-25-21(27)18-11-6-15(12-19(18)22(25)28)14-4-2-1-3-5-14/h1-5,7-10,15,18-19H,6,11-13H2,(H,24,26)/t15-,18-,19+/m1/s1. The van der Waals surface area contributed by atoms with Gasteiger partial charge in [0, 0.05) is 10.2 Å². The average Bonchev–Trinajstić information content (AvgIpc) is 2.95. The number of benzene rings is 2. The summed E-state index contributed by atoms with van der Waals surface area (Å²) in [4.78, 5) is 39.1. The molecule has 0 unspecified atom stereocenters. The van der Waals surface area contributed by atoms with Gasteiger partial charge >= 0.3 is 0 Å². The van der Waals surface area contributed by atoms with Crippen molar-refractivity contribution in [2.75, 3.05) is 11.9 Å². The lowest BCUT2D eigenvalue weighted by molar-refractivity contribution is -0.142. The molecule has 28 heavy (non-hydrogen) atoms. The zero-order valence-electron chi connectivity index (χ0n) is 15.3. The number of amides is 3. The van der Waals surface area contributed by atoms with Gasteiger partial charge in [-0.05, 0) is 55.0 Å². The van der Waals surface area contributed by atoms with E-state index >= 15 is 0 Å². The first-order valence-corrected chi connectivity index (χ1v) is 10.3. The van der Waals surface area contributed by atoms with E-state index in [1.807, 2.05) is 30.3 Å². The second kappa shape index (κ2) is 7.87. The summed E-state index contributed by atoms with van der Waals surface area (Å²) in [5, 5.41) is 2.75. The molecule has 1 saturated carbocycles. The van der Waals surface area contributed by atoms with Gasteiger partial charge in [0.15, 0.2) is 0 Å². The maximum Gasteiger partial charge on any atom is 0.244 e. The van der Waals surface area contributed by atoms with Crippen LogP contribution in [0, 0.1) is 11.8 Å². The third-order valence-electron chi connectivity index (χ3n) is 5.72. The van der Waals surface area contributed by atoms with E-state index in [4.69, 9.17) is 0 Å². The van der Waals surface area contributed by atoms with E-state index in [0.717, 1.165) is 15.8 Å². The van der Waals surface area contributed by atoms with Gasteiger partial charge in [0.25, 0.3) is 0 Å². The van der Waals surface area contributed by atoms with Crippen LogP contribution in [0.5, 0.6) is 0 Å². The lowest BCUT2D eigenvalue weighted by Crippen LogP contribution is -2.38. The molecule has 144 valence electrons. The molecule has 3 atom stereocenters. The zero-order chi connectivity index (χ0) is 19.7. The molecule has 2 aromatic carbocycles. The number of fused-ring (bicyclic) bond motifs is 1. The molecule has 0 spiro atoms. The number of halogens is 1. The molecule has 3 amide bonds. The summed E-state index contributed by atoms with van der Waals surface area (Å²) in [5.41, 5.74) is 1.85. The Bertz CT molecular complexity index is 898. The van der Waals surface area contributed by atoms with Gasteiger partial charge in [-0.15, -0.1) is 0 Å². The second-order valence-electron chi connectivity index (χ2n) is 7.45. The summed E-state index contributed by atoms with van der Waals surface area (Å²) >= 11 is 3.34. The number of hydrogen-bond donors (Lipinski definition) is 1. The maximum atomic E-state index is 12.9. The lowest BCUT2D eigenvalue weighted by Gasteiger charge is -2.28. The van der Waals surface area contributed by atoms with Gasteiger partial charge in [0.05, 0.1) is 11.8 Å². The molecule has 0 radical (unpaired) electrons. The minimum atomic E-state index is -0.359. The van der Waals surface area contributed by atoms with Crippen molar-refractivity contribution in [1.29, 1.82) is 0 Å². The van der Waals surface area contributed by atoms with Crippen LogP contribution in [0.15, 0.2) is 59.1 Å². The quantitative estimate of drug-likeness (QED) is 0.731. The zero-order valence-corrected chi connectivity index (χ0v) is 16.9. The van der Waals surface area contributed by atoms with Gasteiger partial charge in [-0.2, -0.15) is 0 Å². The van der Waals surface area contributed by atoms with Crippen LogP contribution in [0.25, 0.3) is 0 Å². The molecule has 0 bridgehead atoms. The highest BCUT2D eigenvalue weighted by Crippen LogP contribution is 2.44. The van der Waals surface area contributed by atoms with Crippen molar-refractivity contribution in [1.82, 2.24) is 4.90 Å². The molecule has 2 aromatic rings.